The van der Waals surface area contributed by atoms with E-state index in [0.29, 0.717) is 12.3 Å². The van der Waals surface area contributed by atoms with E-state index >= 15 is 0 Å². The van der Waals surface area contributed by atoms with E-state index in [1.54, 1.807) is 0 Å². The summed E-state index contributed by atoms with van der Waals surface area (Å²) in [6.07, 6.45) is 8.91. The van der Waals surface area contributed by atoms with Crippen LogP contribution in [0.3, 0.4) is 0 Å². The quantitative estimate of drug-likeness (QED) is 0.714. The van der Waals surface area contributed by atoms with Gasteiger partial charge in [-0.1, -0.05) is 32.6 Å². The van der Waals surface area contributed by atoms with Crippen molar-refractivity contribution < 1.29 is 4.79 Å². The molecular formula is C13H24ClNO. The second kappa shape index (κ2) is 7.16. The van der Waals surface area contributed by atoms with Gasteiger partial charge in [0.05, 0.1) is 0 Å². The van der Waals surface area contributed by atoms with Crippen molar-refractivity contribution in [2.75, 3.05) is 12.4 Å². The van der Waals surface area contributed by atoms with Gasteiger partial charge in [0.25, 0.3) is 0 Å². The molecule has 0 radical (unpaired) electrons. The maximum atomic E-state index is 11.5. The van der Waals surface area contributed by atoms with E-state index in [4.69, 9.17) is 11.6 Å². The summed E-state index contributed by atoms with van der Waals surface area (Å²) in [7, 11) is 0. The topological polar surface area (TPSA) is 29.1 Å². The van der Waals surface area contributed by atoms with Crippen LogP contribution in [0.5, 0.6) is 0 Å². The summed E-state index contributed by atoms with van der Waals surface area (Å²) in [5.74, 6) is 0.873. The van der Waals surface area contributed by atoms with E-state index in [-0.39, 0.29) is 11.3 Å². The van der Waals surface area contributed by atoms with Crippen LogP contribution in [-0.4, -0.2) is 18.3 Å². The van der Waals surface area contributed by atoms with Crippen LogP contribution in [0.1, 0.15) is 58.3 Å². The average molecular weight is 246 g/mol. The normalized spacial score (nSPS) is 19.4. The van der Waals surface area contributed by atoms with E-state index in [9.17, 15) is 4.79 Å². The Kier molecular flexibility index (Phi) is 6.18. The summed E-state index contributed by atoms with van der Waals surface area (Å²) in [6.45, 7) is 2.88. The molecule has 0 atom stereocenters. The van der Waals surface area contributed by atoms with Crippen molar-refractivity contribution in [3.8, 4) is 0 Å². The largest absolute Gasteiger partial charge is 0.356 e. The molecule has 1 N–H and O–H groups in total. The van der Waals surface area contributed by atoms with Crippen LogP contribution < -0.4 is 5.32 Å². The maximum absolute atomic E-state index is 11.5. The molecule has 0 aromatic carbocycles. The van der Waals surface area contributed by atoms with Gasteiger partial charge in [-0.05, 0) is 19.3 Å². The van der Waals surface area contributed by atoms with Gasteiger partial charge in [-0.15, -0.1) is 11.6 Å². The number of halogens is 1. The molecule has 1 aliphatic rings. The molecule has 0 unspecified atom stereocenters. The Morgan fingerprint density at radius 2 is 2.00 bits per heavy atom. The molecule has 0 aromatic heterocycles. The number of carbonyl (C=O) groups is 1. The molecule has 1 rings (SSSR count). The summed E-state index contributed by atoms with van der Waals surface area (Å²) in [4.78, 5) is 11.5. The Balaban J connectivity index is 2.30. The van der Waals surface area contributed by atoms with E-state index in [1.807, 2.05) is 0 Å². The second-order valence-corrected chi connectivity index (χ2v) is 5.34. The fourth-order valence-corrected chi connectivity index (χ4v) is 2.73. The third kappa shape index (κ3) is 4.32. The number of nitrogens with one attached hydrogen (secondary N) is 1. The highest BCUT2D eigenvalue weighted by atomic mass is 35.5. The lowest BCUT2D eigenvalue weighted by atomic mass is 9.75. The highest BCUT2D eigenvalue weighted by Crippen LogP contribution is 2.36. The molecule has 1 aliphatic carbocycles. The fraction of sp³-hybridized carbons (Fsp3) is 0.923. The lowest BCUT2D eigenvalue weighted by molar-refractivity contribution is -0.121. The van der Waals surface area contributed by atoms with Crippen molar-refractivity contribution >= 4 is 17.5 Å². The summed E-state index contributed by atoms with van der Waals surface area (Å²) >= 11 is 6.07. The van der Waals surface area contributed by atoms with Crippen molar-refractivity contribution in [2.24, 2.45) is 5.41 Å². The van der Waals surface area contributed by atoms with Crippen molar-refractivity contribution in [3.05, 3.63) is 0 Å². The van der Waals surface area contributed by atoms with Crippen molar-refractivity contribution in [3.63, 3.8) is 0 Å². The van der Waals surface area contributed by atoms with Crippen LogP contribution in [0, 0.1) is 5.41 Å². The number of hydrogen-bond acceptors (Lipinski definition) is 1. The zero-order valence-electron chi connectivity index (χ0n) is 10.4. The minimum atomic E-state index is 0.182. The highest BCUT2D eigenvalue weighted by Gasteiger charge is 2.31. The van der Waals surface area contributed by atoms with Crippen LogP contribution >= 0.6 is 11.6 Å². The minimum absolute atomic E-state index is 0.182. The van der Waals surface area contributed by atoms with Gasteiger partial charge in [0, 0.05) is 24.3 Å². The molecule has 16 heavy (non-hydrogen) atoms. The minimum Gasteiger partial charge on any atom is -0.356 e. The molecule has 0 bridgehead atoms. The van der Waals surface area contributed by atoms with Gasteiger partial charge in [0.2, 0.25) is 5.91 Å². The van der Waals surface area contributed by atoms with E-state index < -0.39 is 0 Å². The summed E-state index contributed by atoms with van der Waals surface area (Å²) in [5.41, 5.74) is 0.182. The Hall–Kier alpha value is -0.240. The molecule has 1 saturated carbocycles. The van der Waals surface area contributed by atoms with Gasteiger partial charge >= 0.3 is 0 Å². The first-order valence-corrected chi connectivity index (χ1v) is 7.08. The van der Waals surface area contributed by atoms with Crippen LogP contribution in [-0.2, 0) is 4.79 Å². The third-order valence-corrected chi connectivity index (χ3v) is 4.18. The zero-order chi connectivity index (χ0) is 11.9. The number of unbranched alkanes of at least 4 members (excludes halogenated alkanes) is 1. The Morgan fingerprint density at radius 3 is 2.56 bits per heavy atom. The lowest BCUT2D eigenvalue weighted by Gasteiger charge is -2.35. The van der Waals surface area contributed by atoms with Gasteiger partial charge in [-0.25, -0.2) is 0 Å². The van der Waals surface area contributed by atoms with E-state index in [2.05, 4.69) is 12.2 Å². The molecule has 0 aromatic rings. The predicted molar refractivity (Wildman–Crippen MR) is 68.8 cm³/mol. The summed E-state index contributed by atoms with van der Waals surface area (Å²) in [5, 5.41) is 3.06. The highest BCUT2D eigenvalue weighted by molar-refractivity contribution is 6.18. The maximum Gasteiger partial charge on any atom is 0.220 e. The SMILES string of the molecule is CCCCC(=O)NCC1(CCl)CCCCC1. The van der Waals surface area contributed by atoms with Gasteiger partial charge in [-0.2, -0.15) is 0 Å². The third-order valence-electron chi connectivity index (χ3n) is 3.62. The molecule has 2 nitrogen and oxygen atoms in total. The Morgan fingerprint density at radius 1 is 1.31 bits per heavy atom. The number of amides is 1. The number of alkyl halides is 1. The van der Waals surface area contributed by atoms with Gasteiger partial charge in [-0.3, -0.25) is 4.79 Å². The molecule has 94 valence electrons. The Labute approximate surface area is 104 Å². The standard InChI is InChI=1S/C13H24ClNO/c1-2-3-7-12(16)15-11-13(10-14)8-5-4-6-9-13/h2-11H2,1H3,(H,15,16). The molecule has 0 aliphatic heterocycles. The second-order valence-electron chi connectivity index (χ2n) is 5.07. The summed E-state index contributed by atoms with van der Waals surface area (Å²) < 4.78 is 0. The Bertz CT molecular complexity index is 212. The molecule has 1 fully saturated rings. The molecule has 3 heteroatoms. The fourth-order valence-electron chi connectivity index (χ4n) is 2.37. The summed E-state index contributed by atoms with van der Waals surface area (Å²) in [6, 6.07) is 0. The van der Waals surface area contributed by atoms with Gasteiger partial charge in [0.1, 0.15) is 0 Å². The van der Waals surface area contributed by atoms with Gasteiger partial charge < -0.3 is 5.32 Å². The zero-order valence-corrected chi connectivity index (χ0v) is 11.1. The molecule has 0 saturated heterocycles. The predicted octanol–water partition coefficient (Wildman–Crippen LogP) is 3.48. The molecule has 0 spiro atoms. The lowest BCUT2D eigenvalue weighted by Crippen LogP contribution is -2.40. The molecule has 0 heterocycles. The number of carbonyl (C=O) groups excluding carboxylic acids is 1. The number of rotatable bonds is 6. The van der Waals surface area contributed by atoms with Gasteiger partial charge in [0.15, 0.2) is 0 Å². The molecule has 1 amide bonds. The molecular weight excluding hydrogens is 222 g/mol. The van der Waals surface area contributed by atoms with Crippen molar-refractivity contribution in [1.29, 1.82) is 0 Å². The smallest absolute Gasteiger partial charge is 0.220 e. The monoisotopic (exact) mass is 245 g/mol. The van der Waals surface area contributed by atoms with Crippen LogP contribution in [0.15, 0.2) is 0 Å². The first-order chi connectivity index (χ1) is 7.72. The average Bonchev–Trinajstić information content (AvgIpc) is 2.35. The van der Waals surface area contributed by atoms with E-state index in [0.717, 1.165) is 19.4 Å². The van der Waals surface area contributed by atoms with Crippen molar-refractivity contribution in [1.82, 2.24) is 5.32 Å². The first-order valence-electron chi connectivity index (χ1n) is 6.55. The van der Waals surface area contributed by atoms with Crippen LogP contribution in [0.2, 0.25) is 0 Å². The van der Waals surface area contributed by atoms with E-state index in [1.165, 1.54) is 32.1 Å². The number of hydrogen-bond donors (Lipinski definition) is 1. The van der Waals surface area contributed by atoms with Crippen molar-refractivity contribution in [2.45, 2.75) is 58.3 Å². The van der Waals surface area contributed by atoms with Crippen LogP contribution in [0.4, 0.5) is 0 Å². The first kappa shape index (κ1) is 13.8. The van der Waals surface area contributed by atoms with Crippen LogP contribution in [0.25, 0.3) is 0 Å².